The van der Waals surface area contributed by atoms with E-state index in [1.165, 1.54) is 12.1 Å². The molecule has 90 valence electrons. The Morgan fingerprint density at radius 3 is 2.50 bits per heavy atom. The fourth-order valence-corrected chi connectivity index (χ4v) is 0.997. The molecule has 0 saturated carbocycles. The Labute approximate surface area is 94.7 Å². The zero-order valence-electron chi connectivity index (χ0n) is 9.81. The van der Waals surface area contributed by atoms with Crippen LogP contribution in [-0.2, 0) is 0 Å². The van der Waals surface area contributed by atoms with Crippen LogP contribution in [-0.4, -0.2) is 19.1 Å². The molecular formula is C12H17F2NO. The van der Waals surface area contributed by atoms with Crippen LogP contribution in [0.25, 0.3) is 0 Å². The Bertz CT molecular complexity index is 340. The van der Waals surface area contributed by atoms with E-state index >= 15 is 0 Å². The molecule has 1 aromatic rings. The molecule has 0 heterocycles. The van der Waals surface area contributed by atoms with Crippen LogP contribution in [0.3, 0.4) is 0 Å². The predicted molar refractivity (Wildman–Crippen MR) is 60.8 cm³/mol. The third-order valence-electron chi connectivity index (χ3n) is 1.81. The van der Waals surface area contributed by atoms with Gasteiger partial charge in [-0.15, -0.1) is 0 Å². The number of carbonyl (C=O) groups excluding carboxylic acids is 1. The van der Waals surface area contributed by atoms with Crippen LogP contribution in [0, 0.1) is 12.7 Å². The van der Waals surface area contributed by atoms with Crippen molar-refractivity contribution >= 4 is 5.91 Å². The van der Waals surface area contributed by atoms with Crippen molar-refractivity contribution in [3.8, 4) is 0 Å². The van der Waals surface area contributed by atoms with Crippen LogP contribution in [0.5, 0.6) is 0 Å². The molecule has 16 heavy (non-hydrogen) atoms. The zero-order chi connectivity index (χ0) is 12.6. The second-order valence-corrected chi connectivity index (χ2v) is 2.91. The topological polar surface area (TPSA) is 29.1 Å². The molecule has 4 heteroatoms. The number of nitrogens with one attached hydrogen (secondary N) is 1. The summed E-state index contributed by atoms with van der Waals surface area (Å²) >= 11 is 0. The van der Waals surface area contributed by atoms with Crippen LogP contribution in [0.4, 0.5) is 8.78 Å². The average Bonchev–Trinajstić information content (AvgIpc) is 2.32. The molecule has 0 atom stereocenters. The first-order valence-electron chi connectivity index (χ1n) is 5.25. The smallest absolute Gasteiger partial charge is 0.251 e. The molecule has 0 unspecified atom stereocenters. The van der Waals surface area contributed by atoms with Gasteiger partial charge in [-0.25, -0.2) is 8.78 Å². The number of benzene rings is 1. The minimum absolute atomic E-state index is 0.0473. The van der Waals surface area contributed by atoms with Gasteiger partial charge in [-0.1, -0.05) is 19.9 Å². The van der Waals surface area contributed by atoms with Gasteiger partial charge >= 0.3 is 0 Å². The summed E-state index contributed by atoms with van der Waals surface area (Å²) in [6, 6.07) is 4.16. The van der Waals surface area contributed by atoms with Gasteiger partial charge in [0.05, 0.1) is 0 Å². The molecule has 1 amide bonds. The number of aryl methyl sites for hydroxylation is 1. The van der Waals surface area contributed by atoms with E-state index in [9.17, 15) is 13.6 Å². The summed E-state index contributed by atoms with van der Waals surface area (Å²) in [5, 5.41) is 2.31. The van der Waals surface area contributed by atoms with Crippen molar-refractivity contribution in [2.75, 3.05) is 13.2 Å². The molecule has 0 radical (unpaired) electrons. The number of rotatable bonds is 3. The summed E-state index contributed by atoms with van der Waals surface area (Å²) in [7, 11) is 0. The van der Waals surface area contributed by atoms with Gasteiger partial charge in [0, 0.05) is 12.1 Å². The van der Waals surface area contributed by atoms with Crippen molar-refractivity contribution in [2.45, 2.75) is 20.8 Å². The summed E-state index contributed by atoms with van der Waals surface area (Å²) in [5.41, 5.74) is 0.689. The maximum absolute atomic E-state index is 13.0. The summed E-state index contributed by atoms with van der Waals surface area (Å²) in [6.07, 6.45) is 0. The monoisotopic (exact) mass is 229 g/mol. The number of carbonyl (C=O) groups is 1. The molecule has 1 N–H and O–H groups in total. The summed E-state index contributed by atoms with van der Waals surface area (Å²) < 4.78 is 24.7. The summed E-state index contributed by atoms with van der Waals surface area (Å²) in [4.78, 5) is 11.2. The summed E-state index contributed by atoms with van der Waals surface area (Å²) in [6.45, 7) is 4.94. The maximum Gasteiger partial charge on any atom is 0.251 e. The van der Waals surface area contributed by atoms with Gasteiger partial charge in [-0.2, -0.15) is 0 Å². The number of hydrogen-bond acceptors (Lipinski definition) is 1. The molecule has 0 aliphatic rings. The normalized spacial score (nSPS) is 9.06. The van der Waals surface area contributed by atoms with E-state index in [1.807, 2.05) is 13.8 Å². The lowest BCUT2D eigenvalue weighted by molar-refractivity contribution is 0.0950. The van der Waals surface area contributed by atoms with Gasteiger partial charge < -0.3 is 5.32 Å². The molecule has 0 aliphatic heterocycles. The van der Waals surface area contributed by atoms with Gasteiger partial charge in [-0.05, 0) is 24.6 Å². The fourth-order valence-electron chi connectivity index (χ4n) is 0.997. The lowest BCUT2D eigenvalue weighted by Gasteiger charge is -2.03. The molecule has 0 bridgehead atoms. The Kier molecular flexibility index (Phi) is 7.09. The first kappa shape index (κ1) is 14.6. The molecule has 1 rings (SSSR count). The highest BCUT2D eigenvalue weighted by Crippen LogP contribution is 2.08. The van der Waals surface area contributed by atoms with Crippen molar-refractivity contribution in [1.29, 1.82) is 0 Å². The molecule has 0 fully saturated rings. The highest BCUT2D eigenvalue weighted by atomic mass is 19.1. The van der Waals surface area contributed by atoms with E-state index < -0.39 is 18.4 Å². The molecule has 0 aromatic heterocycles. The molecule has 0 saturated heterocycles. The number of hydrogen-bond donors (Lipinski definition) is 1. The number of amides is 1. The Morgan fingerprint density at radius 2 is 2.00 bits per heavy atom. The predicted octanol–water partition coefficient (Wildman–Crippen LogP) is 2.86. The van der Waals surface area contributed by atoms with Gasteiger partial charge in [0.2, 0.25) is 0 Å². The molecule has 0 spiro atoms. The molecule has 0 aliphatic carbocycles. The van der Waals surface area contributed by atoms with Crippen LogP contribution < -0.4 is 5.32 Å². The molecule has 2 nitrogen and oxygen atoms in total. The van der Waals surface area contributed by atoms with E-state index in [0.717, 1.165) is 6.07 Å². The van der Waals surface area contributed by atoms with Gasteiger partial charge in [0.25, 0.3) is 5.91 Å². The third kappa shape index (κ3) is 4.38. The third-order valence-corrected chi connectivity index (χ3v) is 1.81. The SMILES string of the molecule is CC.Cc1ccc(C(=O)NCCF)cc1F. The standard InChI is InChI=1S/C10H11F2NO.C2H6/c1-7-2-3-8(6-9(7)12)10(14)13-5-4-11;1-2/h2-3,6H,4-5H2,1H3,(H,13,14);1-2H3. The molecule has 1 aromatic carbocycles. The van der Waals surface area contributed by atoms with E-state index in [0.29, 0.717) is 5.56 Å². The lowest BCUT2D eigenvalue weighted by atomic mass is 10.1. The van der Waals surface area contributed by atoms with Crippen molar-refractivity contribution in [3.63, 3.8) is 0 Å². The quantitative estimate of drug-likeness (QED) is 0.848. The van der Waals surface area contributed by atoms with Gasteiger partial charge in [-0.3, -0.25) is 4.79 Å². The minimum atomic E-state index is -0.625. The fraction of sp³-hybridized carbons (Fsp3) is 0.417. The van der Waals surface area contributed by atoms with Crippen LogP contribution in [0.2, 0.25) is 0 Å². The Morgan fingerprint density at radius 1 is 1.38 bits per heavy atom. The van der Waals surface area contributed by atoms with Crippen LogP contribution in [0.1, 0.15) is 29.8 Å². The minimum Gasteiger partial charge on any atom is -0.349 e. The zero-order valence-corrected chi connectivity index (χ0v) is 9.81. The van der Waals surface area contributed by atoms with Crippen molar-refractivity contribution < 1.29 is 13.6 Å². The van der Waals surface area contributed by atoms with Crippen molar-refractivity contribution in [1.82, 2.24) is 5.32 Å². The van der Waals surface area contributed by atoms with E-state index in [4.69, 9.17) is 0 Å². The largest absolute Gasteiger partial charge is 0.349 e. The highest BCUT2D eigenvalue weighted by Gasteiger charge is 2.06. The maximum atomic E-state index is 13.0. The van der Waals surface area contributed by atoms with Crippen molar-refractivity contribution in [3.05, 3.63) is 35.1 Å². The van der Waals surface area contributed by atoms with E-state index in [2.05, 4.69) is 5.32 Å². The van der Waals surface area contributed by atoms with Crippen molar-refractivity contribution in [2.24, 2.45) is 0 Å². The Balaban J connectivity index is 0.00000106. The number of alkyl halides is 1. The number of halogens is 2. The van der Waals surface area contributed by atoms with E-state index in [-0.39, 0.29) is 12.1 Å². The first-order valence-corrected chi connectivity index (χ1v) is 5.25. The first-order chi connectivity index (χ1) is 7.65. The second kappa shape index (κ2) is 7.79. The molecular weight excluding hydrogens is 212 g/mol. The lowest BCUT2D eigenvalue weighted by Crippen LogP contribution is -2.25. The van der Waals surface area contributed by atoms with Gasteiger partial charge in [0.1, 0.15) is 12.5 Å². The van der Waals surface area contributed by atoms with Crippen LogP contribution >= 0.6 is 0 Å². The highest BCUT2D eigenvalue weighted by molar-refractivity contribution is 5.94. The van der Waals surface area contributed by atoms with Gasteiger partial charge in [0.15, 0.2) is 0 Å². The summed E-state index contributed by atoms with van der Waals surface area (Å²) in [5.74, 6) is -0.889. The van der Waals surface area contributed by atoms with Crippen LogP contribution in [0.15, 0.2) is 18.2 Å². The average molecular weight is 229 g/mol. The second-order valence-electron chi connectivity index (χ2n) is 2.91. The van der Waals surface area contributed by atoms with E-state index in [1.54, 1.807) is 6.92 Å². The Hall–Kier alpha value is -1.45.